The number of halogens is 3. The average Bonchev–Trinajstić information content (AvgIpc) is 3.19. The smallest absolute Gasteiger partial charge is 0.338 e. The summed E-state index contributed by atoms with van der Waals surface area (Å²) in [7, 11) is 0. The van der Waals surface area contributed by atoms with Crippen molar-refractivity contribution in [3.05, 3.63) is 100 Å². The first kappa shape index (κ1) is 28.0. The van der Waals surface area contributed by atoms with Gasteiger partial charge >= 0.3 is 5.97 Å². The maximum atomic E-state index is 13.7. The number of benzene rings is 3. The fraction of sp³-hybridized carbons (Fsp3) is 0.179. The number of carbonyl (C=O) groups is 5. The number of hydrogen-bond acceptors (Lipinski definition) is 6. The molecule has 40 heavy (non-hydrogen) atoms. The predicted molar refractivity (Wildman–Crippen MR) is 135 cm³/mol. The highest BCUT2D eigenvalue weighted by Gasteiger charge is 2.36. The molecular formula is C28H22F3N3O6. The molecule has 0 aliphatic carbocycles. The van der Waals surface area contributed by atoms with Crippen molar-refractivity contribution in [1.29, 1.82) is 0 Å². The Balaban J connectivity index is 1.31. The van der Waals surface area contributed by atoms with E-state index in [1.807, 2.05) is 35.6 Å². The Morgan fingerprint density at radius 2 is 1.60 bits per heavy atom. The SMILES string of the molecule is CC(OC(=O)c1ccc2c(c1)C(=O)N(CCc1ccccc1)C2=O)C(=O)NCC(=O)Nc1ccc(F)c(F)c1F. The lowest BCUT2D eigenvalue weighted by molar-refractivity contribution is -0.130. The monoisotopic (exact) mass is 553 g/mol. The molecule has 0 spiro atoms. The lowest BCUT2D eigenvalue weighted by atomic mass is 10.1. The second-order valence-corrected chi connectivity index (χ2v) is 8.79. The molecule has 0 bridgehead atoms. The summed E-state index contributed by atoms with van der Waals surface area (Å²) in [5.74, 6) is -8.62. The summed E-state index contributed by atoms with van der Waals surface area (Å²) in [6.07, 6.45) is -0.921. The van der Waals surface area contributed by atoms with Crippen molar-refractivity contribution >= 4 is 35.3 Å². The average molecular weight is 553 g/mol. The van der Waals surface area contributed by atoms with Gasteiger partial charge in [0.2, 0.25) is 5.91 Å². The van der Waals surface area contributed by atoms with Crippen LogP contribution in [0.1, 0.15) is 43.6 Å². The lowest BCUT2D eigenvalue weighted by Gasteiger charge is -2.14. The zero-order valence-corrected chi connectivity index (χ0v) is 21.0. The molecule has 4 amide bonds. The van der Waals surface area contributed by atoms with Gasteiger partial charge in [0.05, 0.1) is 28.9 Å². The van der Waals surface area contributed by atoms with Gasteiger partial charge in [0.25, 0.3) is 17.7 Å². The summed E-state index contributed by atoms with van der Waals surface area (Å²) in [5, 5.41) is 4.15. The molecule has 0 saturated heterocycles. The van der Waals surface area contributed by atoms with Crippen molar-refractivity contribution in [3.63, 3.8) is 0 Å². The minimum absolute atomic E-state index is 0.0331. The maximum absolute atomic E-state index is 13.7. The molecule has 0 fully saturated rings. The van der Waals surface area contributed by atoms with Crippen molar-refractivity contribution < 1.29 is 41.9 Å². The first-order valence-electron chi connectivity index (χ1n) is 12.0. The molecule has 3 aromatic rings. The molecule has 1 aliphatic rings. The number of imide groups is 1. The summed E-state index contributed by atoms with van der Waals surface area (Å²) in [5.41, 5.74) is 0.427. The van der Waals surface area contributed by atoms with E-state index in [1.54, 1.807) is 0 Å². The van der Waals surface area contributed by atoms with Crippen LogP contribution in [-0.4, -0.2) is 53.7 Å². The summed E-state index contributed by atoms with van der Waals surface area (Å²) in [6, 6.07) is 14.6. The molecule has 12 heteroatoms. The summed E-state index contributed by atoms with van der Waals surface area (Å²) >= 11 is 0. The second kappa shape index (κ2) is 11.8. The molecule has 1 atom stereocenters. The van der Waals surface area contributed by atoms with E-state index in [0.717, 1.165) is 16.5 Å². The Morgan fingerprint density at radius 1 is 0.900 bits per heavy atom. The van der Waals surface area contributed by atoms with Crippen LogP contribution >= 0.6 is 0 Å². The number of rotatable bonds is 9. The summed E-state index contributed by atoms with van der Waals surface area (Å²) < 4.78 is 45.1. The largest absolute Gasteiger partial charge is 0.449 e. The number of nitrogens with zero attached hydrogens (tertiary/aromatic N) is 1. The van der Waals surface area contributed by atoms with Gasteiger partial charge in [-0.1, -0.05) is 30.3 Å². The van der Waals surface area contributed by atoms with E-state index in [4.69, 9.17) is 4.74 Å². The number of carbonyl (C=O) groups excluding carboxylic acids is 5. The first-order chi connectivity index (χ1) is 19.1. The van der Waals surface area contributed by atoms with Gasteiger partial charge in [0, 0.05) is 6.54 Å². The van der Waals surface area contributed by atoms with Crippen LogP contribution in [0.5, 0.6) is 0 Å². The third-order valence-corrected chi connectivity index (χ3v) is 6.06. The number of amides is 4. The quantitative estimate of drug-likeness (QED) is 0.238. The van der Waals surface area contributed by atoms with Gasteiger partial charge in [-0.25, -0.2) is 18.0 Å². The van der Waals surface area contributed by atoms with Crippen molar-refractivity contribution in [2.75, 3.05) is 18.4 Å². The molecule has 206 valence electrons. The molecule has 3 aromatic carbocycles. The zero-order chi connectivity index (χ0) is 29.0. The number of fused-ring (bicyclic) bond motifs is 1. The van der Waals surface area contributed by atoms with Crippen LogP contribution in [0.25, 0.3) is 0 Å². The summed E-state index contributed by atoms with van der Waals surface area (Å²) in [6.45, 7) is 0.699. The van der Waals surface area contributed by atoms with Crippen LogP contribution in [-0.2, 0) is 20.7 Å². The van der Waals surface area contributed by atoms with E-state index in [9.17, 15) is 37.1 Å². The molecule has 9 nitrogen and oxygen atoms in total. The van der Waals surface area contributed by atoms with E-state index in [0.29, 0.717) is 12.5 Å². The first-order valence-corrected chi connectivity index (χ1v) is 12.0. The van der Waals surface area contributed by atoms with Crippen LogP contribution < -0.4 is 10.6 Å². The van der Waals surface area contributed by atoms with E-state index < -0.39 is 65.4 Å². The van der Waals surface area contributed by atoms with Crippen LogP contribution in [0.3, 0.4) is 0 Å². The second-order valence-electron chi connectivity index (χ2n) is 8.79. The Morgan fingerprint density at radius 3 is 2.33 bits per heavy atom. The van der Waals surface area contributed by atoms with E-state index in [1.165, 1.54) is 25.1 Å². The van der Waals surface area contributed by atoms with E-state index in [2.05, 4.69) is 5.32 Å². The fourth-order valence-electron chi connectivity index (χ4n) is 3.92. The minimum atomic E-state index is -1.76. The number of hydrogen-bond donors (Lipinski definition) is 2. The standard InChI is InChI=1S/C28H22F3N3O6/c1-15(25(36)32-14-22(35)33-21-10-9-20(29)23(30)24(21)31)40-28(39)17-7-8-18-19(13-17)27(38)34(26(18)37)12-11-16-5-3-2-4-6-16/h2-10,13,15H,11-12,14H2,1H3,(H,32,36)(H,33,35). The Bertz CT molecular complexity index is 1510. The third-order valence-electron chi connectivity index (χ3n) is 6.06. The number of anilines is 1. The van der Waals surface area contributed by atoms with Crippen LogP contribution in [0.4, 0.5) is 18.9 Å². The Hall–Kier alpha value is -5.00. The van der Waals surface area contributed by atoms with Gasteiger partial charge < -0.3 is 15.4 Å². The third kappa shape index (κ3) is 6.01. The van der Waals surface area contributed by atoms with Gasteiger partial charge in [-0.15, -0.1) is 0 Å². The van der Waals surface area contributed by atoms with Gasteiger partial charge in [-0.3, -0.25) is 24.1 Å². The van der Waals surface area contributed by atoms with Crippen molar-refractivity contribution in [2.45, 2.75) is 19.4 Å². The van der Waals surface area contributed by atoms with Crippen molar-refractivity contribution in [2.24, 2.45) is 0 Å². The van der Waals surface area contributed by atoms with Crippen molar-refractivity contribution in [3.8, 4) is 0 Å². The van der Waals surface area contributed by atoms with Crippen molar-refractivity contribution in [1.82, 2.24) is 10.2 Å². The number of esters is 1. The molecule has 1 unspecified atom stereocenters. The van der Waals surface area contributed by atoms with E-state index in [-0.39, 0.29) is 23.2 Å². The normalized spacial score (nSPS) is 13.1. The topological polar surface area (TPSA) is 122 Å². The van der Waals surface area contributed by atoms with Gasteiger partial charge in [0.15, 0.2) is 23.6 Å². The van der Waals surface area contributed by atoms with Crippen LogP contribution in [0.2, 0.25) is 0 Å². The van der Waals surface area contributed by atoms with Crippen LogP contribution in [0, 0.1) is 17.5 Å². The maximum Gasteiger partial charge on any atom is 0.338 e. The van der Waals surface area contributed by atoms with Gasteiger partial charge in [0.1, 0.15) is 0 Å². The molecule has 4 rings (SSSR count). The number of nitrogens with one attached hydrogen (secondary N) is 2. The molecule has 0 saturated carbocycles. The highest BCUT2D eigenvalue weighted by molar-refractivity contribution is 6.22. The molecular weight excluding hydrogens is 531 g/mol. The molecule has 2 N–H and O–H groups in total. The fourth-order valence-corrected chi connectivity index (χ4v) is 3.92. The number of ether oxygens (including phenoxy) is 1. The van der Waals surface area contributed by atoms with Crippen LogP contribution in [0.15, 0.2) is 60.7 Å². The van der Waals surface area contributed by atoms with Gasteiger partial charge in [-0.05, 0) is 49.2 Å². The van der Waals surface area contributed by atoms with Gasteiger partial charge in [-0.2, -0.15) is 0 Å². The Labute approximate surface area is 225 Å². The predicted octanol–water partition coefficient (Wildman–Crippen LogP) is 3.24. The molecule has 1 heterocycles. The lowest BCUT2D eigenvalue weighted by Crippen LogP contribution is -2.40. The molecule has 0 aromatic heterocycles. The molecule has 0 radical (unpaired) electrons. The Kier molecular flexibility index (Phi) is 8.27. The molecule has 1 aliphatic heterocycles. The highest BCUT2D eigenvalue weighted by Crippen LogP contribution is 2.25. The summed E-state index contributed by atoms with van der Waals surface area (Å²) in [4.78, 5) is 63.5. The minimum Gasteiger partial charge on any atom is -0.449 e. The highest BCUT2D eigenvalue weighted by atomic mass is 19.2. The zero-order valence-electron chi connectivity index (χ0n) is 21.0. The van der Waals surface area contributed by atoms with E-state index >= 15 is 0 Å².